The van der Waals surface area contributed by atoms with Gasteiger partial charge in [0, 0.05) is 18.1 Å². The average molecular weight is 283 g/mol. The molecule has 0 aromatic carbocycles. The Morgan fingerprint density at radius 2 is 1.79 bits per heavy atom. The number of hydrogen-bond donors (Lipinski definition) is 0. The monoisotopic (exact) mass is 282 g/mol. The van der Waals surface area contributed by atoms with Crippen molar-refractivity contribution in [3.63, 3.8) is 0 Å². The normalized spacial score (nSPS) is 31.8. The summed E-state index contributed by atoms with van der Waals surface area (Å²) in [5.41, 5.74) is 0. The van der Waals surface area contributed by atoms with E-state index in [4.69, 9.17) is 11.6 Å². The van der Waals surface area contributed by atoms with Gasteiger partial charge in [-0.3, -0.25) is 14.5 Å². The van der Waals surface area contributed by atoms with Gasteiger partial charge in [-0.05, 0) is 38.8 Å². The summed E-state index contributed by atoms with van der Waals surface area (Å²) in [7, 11) is 0. The molecular formula is C14H19ClN2O2. The maximum absolute atomic E-state index is 12.3. The minimum Gasteiger partial charge on any atom is -0.302 e. The molecular weight excluding hydrogens is 264 g/mol. The molecule has 104 valence electrons. The number of allylic oxidation sites excluding steroid dienone is 2. The molecule has 0 spiro atoms. The lowest BCUT2D eigenvalue weighted by Crippen LogP contribution is -2.38. The molecule has 2 amide bonds. The summed E-state index contributed by atoms with van der Waals surface area (Å²) in [5, 5.41) is 0.726. The summed E-state index contributed by atoms with van der Waals surface area (Å²) in [6.07, 6.45) is 5.50. The van der Waals surface area contributed by atoms with Crippen molar-refractivity contribution in [3.8, 4) is 0 Å². The van der Waals surface area contributed by atoms with Gasteiger partial charge in [0.25, 0.3) is 0 Å². The van der Waals surface area contributed by atoms with E-state index < -0.39 is 0 Å². The molecule has 0 aromatic rings. The van der Waals surface area contributed by atoms with Gasteiger partial charge in [-0.25, -0.2) is 0 Å². The molecule has 0 saturated carbocycles. The predicted molar refractivity (Wildman–Crippen MR) is 72.5 cm³/mol. The Balaban J connectivity index is 1.63. The zero-order chi connectivity index (χ0) is 13.4. The Morgan fingerprint density at radius 3 is 2.53 bits per heavy atom. The zero-order valence-electron chi connectivity index (χ0n) is 11.0. The van der Waals surface area contributed by atoms with Crippen LogP contribution in [0.1, 0.15) is 25.7 Å². The molecule has 0 unspecified atom stereocenters. The number of carbonyl (C=O) groups excluding carboxylic acids is 2. The predicted octanol–water partition coefficient (Wildman–Crippen LogP) is 1.60. The highest BCUT2D eigenvalue weighted by Crippen LogP contribution is 2.38. The maximum atomic E-state index is 12.3. The van der Waals surface area contributed by atoms with E-state index in [2.05, 4.69) is 4.90 Å². The molecule has 0 radical (unpaired) electrons. The Hall–Kier alpha value is -0.870. The molecule has 0 N–H and O–H groups in total. The Bertz CT molecular complexity index is 429. The highest BCUT2D eigenvalue weighted by Gasteiger charge is 2.48. The summed E-state index contributed by atoms with van der Waals surface area (Å²) in [6, 6.07) is 0. The van der Waals surface area contributed by atoms with Crippen LogP contribution in [0.15, 0.2) is 11.1 Å². The molecule has 1 aliphatic carbocycles. The number of imide groups is 1. The van der Waals surface area contributed by atoms with Crippen molar-refractivity contribution in [2.45, 2.75) is 25.7 Å². The van der Waals surface area contributed by atoms with Crippen LogP contribution in [-0.4, -0.2) is 47.8 Å². The van der Waals surface area contributed by atoms with Gasteiger partial charge in [0.2, 0.25) is 11.8 Å². The van der Waals surface area contributed by atoms with Crippen molar-refractivity contribution < 1.29 is 9.59 Å². The summed E-state index contributed by atoms with van der Waals surface area (Å²) in [4.78, 5) is 28.4. The van der Waals surface area contributed by atoms with Crippen LogP contribution in [0.5, 0.6) is 0 Å². The second-order valence-corrected chi connectivity index (χ2v) is 6.17. The highest BCUT2D eigenvalue weighted by molar-refractivity contribution is 6.30. The fourth-order valence-corrected chi connectivity index (χ4v) is 3.62. The summed E-state index contributed by atoms with van der Waals surface area (Å²) in [5.74, 6) is -0.368. The van der Waals surface area contributed by atoms with E-state index in [-0.39, 0.29) is 23.7 Å². The van der Waals surface area contributed by atoms with Crippen molar-refractivity contribution in [2.75, 3.05) is 26.2 Å². The van der Waals surface area contributed by atoms with E-state index in [0.717, 1.165) is 24.7 Å². The average Bonchev–Trinajstić information content (AvgIpc) is 2.98. The van der Waals surface area contributed by atoms with E-state index in [0.29, 0.717) is 19.4 Å². The quantitative estimate of drug-likeness (QED) is 0.738. The van der Waals surface area contributed by atoms with Crippen molar-refractivity contribution in [1.82, 2.24) is 9.80 Å². The van der Waals surface area contributed by atoms with Gasteiger partial charge in [0.1, 0.15) is 0 Å². The fourth-order valence-electron chi connectivity index (χ4n) is 3.36. The van der Waals surface area contributed by atoms with Crippen LogP contribution in [-0.2, 0) is 9.59 Å². The Kier molecular flexibility index (Phi) is 3.63. The molecule has 2 aliphatic heterocycles. The van der Waals surface area contributed by atoms with Crippen LogP contribution >= 0.6 is 11.6 Å². The van der Waals surface area contributed by atoms with Crippen LogP contribution in [0.4, 0.5) is 0 Å². The zero-order valence-corrected chi connectivity index (χ0v) is 11.7. The topological polar surface area (TPSA) is 40.6 Å². The number of fused-ring (bicyclic) bond motifs is 1. The van der Waals surface area contributed by atoms with E-state index >= 15 is 0 Å². The molecule has 5 heteroatoms. The molecule has 2 fully saturated rings. The molecule has 2 heterocycles. The van der Waals surface area contributed by atoms with E-state index in [1.807, 2.05) is 6.08 Å². The summed E-state index contributed by atoms with van der Waals surface area (Å²) >= 11 is 6.00. The minimum atomic E-state index is -0.205. The number of rotatable bonds is 3. The lowest BCUT2D eigenvalue weighted by Gasteiger charge is -2.20. The van der Waals surface area contributed by atoms with Gasteiger partial charge in [0.15, 0.2) is 0 Å². The fraction of sp³-hybridized carbons (Fsp3) is 0.714. The van der Waals surface area contributed by atoms with Gasteiger partial charge < -0.3 is 4.90 Å². The smallest absolute Gasteiger partial charge is 0.233 e. The number of nitrogens with zero attached hydrogens (tertiary/aromatic N) is 2. The van der Waals surface area contributed by atoms with Crippen LogP contribution in [0.3, 0.4) is 0 Å². The minimum absolute atomic E-state index is 0.00890. The lowest BCUT2D eigenvalue weighted by atomic mass is 9.85. The van der Waals surface area contributed by atoms with Crippen LogP contribution in [0.25, 0.3) is 0 Å². The largest absolute Gasteiger partial charge is 0.302 e. The van der Waals surface area contributed by atoms with Crippen molar-refractivity contribution >= 4 is 23.4 Å². The van der Waals surface area contributed by atoms with E-state index in [9.17, 15) is 9.59 Å². The second kappa shape index (κ2) is 5.25. The molecule has 2 saturated heterocycles. The summed E-state index contributed by atoms with van der Waals surface area (Å²) in [6.45, 7) is 3.55. The second-order valence-electron chi connectivity index (χ2n) is 5.68. The third-order valence-electron chi connectivity index (χ3n) is 4.50. The molecule has 4 nitrogen and oxygen atoms in total. The Morgan fingerprint density at radius 1 is 1.11 bits per heavy atom. The van der Waals surface area contributed by atoms with Crippen LogP contribution in [0.2, 0.25) is 0 Å². The highest BCUT2D eigenvalue weighted by atomic mass is 35.5. The standard InChI is InChI=1S/C14H19ClN2O2/c15-10-3-4-11-12(9-10)14(19)17(13(11)18)8-7-16-5-1-2-6-16/h3,11-12H,1-2,4-9H2/t11-,12+/m1/s1. The van der Waals surface area contributed by atoms with Gasteiger partial charge in [-0.15, -0.1) is 0 Å². The van der Waals surface area contributed by atoms with Gasteiger partial charge >= 0.3 is 0 Å². The number of likely N-dealkylation sites (tertiary alicyclic amines) is 2. The Labute approximate surface area is 118 Å². The van der Waals surface area contributed by atoms with E-state index in [1.54, 1.807) is 0 Å². The SMILES string of the molecule is O=C1[C@H]2CC(Cl)=CC[C@H]2C(=O)N1CCN1CCCC1. The number of carbonyl (C=O) groups is 2. The lowest BCUT2D eigenvalue weighted by molar-refractivity contribution is -0.140. The van der Waals surface area contributed by atoms with Crippen molar-refractivity contribution in [1.29, 1.82) is 0 Å². The molecule has 19 heavy (non-hydrogen) atoms. The van der Waals surface area contributed by atoms with E-state index in [1.165, 1.54) is 17.7 Å². The number of halogens is 1. The first-order valence-electron chi connectivity index (χ1n) is 7.09. The number of amides is 2. The maximum Gasteiger partial charge on any atom is 0.233 e. The molecule has 3 aliphatic rings. The molecule has 3 rings (SSSR count). The van der Waals surface area contributed by atoms with Crippen LogP contribution < -0.4 is 0 Å². The first-order valence-corrected chi connectivity index (χ1v) is 7.46. The molecule has 2 atom stereocenters. The van der Waals surface area contributed by atoms with Crippen molar-refractivity contribution in [3.05, 3.63) is 11.1 Å². The molecule has 0 aromatic heterocycles. The first kappa shape index (κ1) is 13.1. The van der Waals surface area contributed by atoms with Gasteiger partial charge in [-0.1, -0.05) is 17.7 Å². The van der Waals surface area contributed by atoms with Crippen molar-refractivity contribution in [2.24, 2.45) is 11.8 Å². The summed E-state index contributed by atoms with van der Waals surface area (Å²) < 4.78 is 0. The van der Waals surface area contributed by atoms with Gasteiger partial charge in [-0.2, -0.15) is 0 Å². The number of hydrogen-bond acceptors (Lipinski definition) is 3. The van der Waals surface area contributed by atoms with Gasteiger partial charge in [0.05, 0.1) is 11.8 Å². The first-order chi connectivity index (χ1) is 9.16. The third kappa shape index (κ3) is 2.43. The van der Waals surface area contributed by atoms with Crippen LogP contribution in [0, 0.1) is 11.8 Å². The molecule has 0 bridgehead atoms. The third-order valence-corrected chi connectivity index (χ3v) is 4.81.